The van der Waals surface area contributed by atoms with Gasteiger partial charge < -0.3 is 4.90 Å². The van der Waals surface area contributed by atoms with Crippen LogP contribution in [0.15, 0.2) is 77.0 Å². The maximum Gasteiger partial charge on any atom is 0.254 e. The van der Waals surface area contributed by atoms with E-state index in [1.54, 1.807) is 12.1 Å². The Morgan fingerprint density at radius 3 is 2.66 bits per heavy atom. The number of likely N-dealkylation sites (tertiary alicyclic amines) is 1. The molecule has 1 saturated heterocycles. The molecule has 150 valence electrons. The highest BCUT2D eigenvalue weighted by molar-refractivity contribution is 7.89. The molecule has 29 heavy (non-hydrogen) atoms. The van der Waals surface area contributed by atoms with E-state index >= 15 is 0 Å². The van der Waals surface area contributed by atoms with Gasteiger partial charge in [0.2, 0.25) is 10.0 Å². The van der Waals surface area contributed by atoms with Crippen LogP contribution in [0.2, 0.25) is 0 Å². The first-order valence-corrected chi connectivity index (χ1v) is 11.9. The van der Waals surface area contributed by atoms with Crippen molar-refractivity contribution < 1.29 is 13.2 Å². The van der Waals surface area contributed by atoms with Crippen molar-refractivity contribution in [2.45, 2.75) is 30.3 Å². The Labute approximate surface area is 175 Å². The van der Waals surface area contributed by atoms with E-state index in [0.717, 1.165) is 23.3 Å². The van der Waals surface area contributed by atoms with Gasteiger partial charge in [-0.05, 0) is 48.1 Å². The van der Waals surface area contributed by atoms with Crippen molar-refractivity contribution in [3.05, 3.63) is 88.1 Å². The second kappa shape index (κ2) is 8.49. The third-order valence-electron chi connectivity index (χ3n) is 5.11. The molecule has 1 amide bonds. The lowest BCUT2D eigenvalue weighted by Crippen LogP contribution is -2.31. The van der Waals surface area contributed by atoms with Crippen molar-refractivity contribution in [2.75, 3.05) is 6.54 Å². The van der Waals surface area contributed by atoms with Gasteiger partial charge in [0.1, 0.15) is 0 Å². The smallest absolute Gasteiger partial charge is 0.254 e. The fraction of sp³-hybridized carbons (Fsp3) is 0.227. The molecule has 0 spiro atoms. The lowest BCUT2D eigenvalue weighted by Gasteiger charge is -2.25. The number of sulfonamides is 1. The van der Waals surface area contributed by atoms with Crippen LogP contribution in [0, 0.1) is 0 Å². The highest BCUT2D eigenvalue weighted by Crippen LogP contribution is 2.33. The Kier molecular flexibility index (Phi) is 5.80. The van der Waals surface area contributed by atoms with Crippen molar-refractivity contribution in [1.82, 2.24) is 9.62 Å². The van der Waals surface area contributed by atoms with Gasteiger partial charge in [-0.1, -0.05) is 42.5 Å². The summed E-state index contributed by atoms with van der Waals surface area (Å²) in [4.78, 5) is 16.1. The first-order chi connectivity index (χ1) is 14.0. The Bertz CT molecular complexity index is 1080. The highest BCUT2D eigenvalue weighted by Gasteiger charge is 2.31. The van der Waals surface area contributed by atoms with E-state index in [9.17, 15) is 13.2 Å². The summed E-state index contributed by atoms with van der Waals surface area (Å²) < 4.78 is 28.0. The van der Waals surface area contributed by atoms with E-state index in [1.807, 2.05) is 52.7 Å². The summed E-state index contributed by atoms with van der Waals surface area (Å²) in [5.74, 6) is -0.133. The maximum atomic E-state index is 13.2. The van der Waals surface area contributed by atoms with Crippen LogP contribution in [0.25, 0.3) is 0 Å². The van der Waals surface area contributed by atoms with Crippen LogP contribution >= 0.6 is 11.3 Å². The predicted molar refractivity (Wildman–Crippen MR) is 114 cm³/mol. The number of rotatable bonds is 6. The zero-order chi connectivity index (χ0) is 20.3. The third kappa shape index (κ3) is 4.42. The van der Waals surface area contributed by atoms with Gasteiger partial charge in [-0.25, -0.2) is 13.1 Å². The Morgan fingerprint density at radius 1 is 1.07 bits per heavy atom. The number of carbonyl (C=O) groups is 1. The molecule has 0 bridgehead atoms. The molecule has 1 unspecified atom stereocenters. The van der Waals surface area contributed by atoms with Crippen LogP contribution in [0.3, 0.4) is 0 Å². The molecule has 1 aliphatic rings. The van der Waals surface area contributed by atoms with E-state index in [1.165, 1.54) is 23.5 Å². The molecule has 1 aromatic heterocycles. The number of hydrogen-bond donors (Lipinski definition) is 1. The van der Waals surface area contributed by atoms with Crippen LogP contribution in [0.5, 0.6) is 0 Å². The fourth-order valence-electron chi connectivity index (χ4n) is 3.66. The number of benzene rings is 2. The summed E-state index contributed by atoms with van der Waals surface area (Å²) in [6.45, 7) is 0.909. The molecule has 1 fully saturated rings. The van der Waals surface area contributed by atoms with E-state index in [4.69, 9.17) is 0 Å². The summed E-state index contributed by atoms with van der Waals surface area (Å²) in [5, 5.41) is 1.90. The number of hydrogen-bond acceptors (Lipinski definition) is 4. The molecular formula is C22H22N2O3S2. The molecule has 5 nitrogen and oxygen atoms in total. The lowest BCUT2D eigenvalue weighted by atomic mass is 10.0. The molecule has 3 aromatic rings. The van der Waals surface area contributed by atoms with E-state index in [-0.39, 0.29) is 23.4 Å². The highest BCUT2D eigenvalue weighted by atomic mass is 32.2. The zero-order valence-corrected chi connectivity index (χ0v) is 17.5. The van der Waals surface area contributed by atoms with Gasteiger partial charge in [-0.3, -0.25) is 4.79 Å². The summed E-state index contributed by atoms with van der Waals surface area (Å²) in [5.41, 5.74) is 1.51. The topological polar surface area (TPSA) is 66.5 Å². The molecule has 0 aliphatic carbocycles. The van der Waals surface area contributed by atoms with Gasteiger partial charge in [0, 0.05) is 23.5 Å². The number of carbonyl (C=O) groups excluding carboxylic acids is 1. The quantitative estimate of drug-likeness (QED) is 0.642. The number of nitrogens with one attached hydrogen (secondary N) is 1. The summed E-state index contributed by atoms with van der Waals surface area (Å²) >= 11 is 1.49. The fourth-order valence-corrected chi connectivity index (χ4v) is 5.44. The van der Waals surface area contributed by atoms with Gasteiger partial charge in [0.25, 0.3) is 5.91 Å². The van der Waals surface area contributed by atoms with Gasteiger partial charge in [0.05, 0.1) is 10.9 Å². The Morgan fingerprint density at radius 2 is 1.90 bits per heavy atom. The first kappa shape index (κ1) is 19.8. The number of thiophene rings is 1. The second-order valence-corrected chi connectivity index (χ2v) is 9.80. The van der Waals surface area contributed by atoms with Crippen molar-refractivity contribution in [3.63, 3.8) is 0 Å². The summed E-state index contributed by atoms with van der Waals surface area (Å²) in [7, 11) is -3.70. The summed E-state index contributed by atoms with van der Waals surface area (Å²) in [6.07, 6.45) is 1.85. The Hall–Kier alpha value is -2.48. The van der Waals surface area contributed by atoms with Crippen LogP contribution in [-0.4, -0.2) is 25.8 Å². The SMILES string of the molecule is O=C(c1cccc(S(=O)(=O)NCc2cccs2)c1)N1CCCC1c1ccccc1. The second-order valence-electron chi connectivity index (χ2n) is 7.00. The number of nitrogens with zero attached hydrogens (tertiary/aromatic N) is 1. The van der Waals surface area contributed by atoms with Crippen molar-refractivity contribution >= 4 is 27.3 Å². The monoisotopic (exact) mass is 426 g/mol. The van der Waals surface area contributed by atoms with Crippen LogP contribution in [0.4, 0.5) is 0 Å². The molecule has 1 aliphatic heterocycles. The normalized spacial score (nSPS) is 16.8. The molecule has 0 saturated carbocycles. The van der Waals surface area contributed by atoms with Gasteiger partial charge >= 0.3 is 0 Å². The largest absolute Gasteiger partial charge is 0.332 e. The summed E-state index contributed by atoms with van der Waals surface area (Å²) in [6, 6.07) is 20.1. The number of amides is 1. The minimum Gasteiger partial charge on any atom is -0.332 e. The van der Waals surface area contributed by atoms with E-state index in [0.29, 0.717) is 12.1 Å². The molecule has 2 heterocycles. The van der Waals surface area contributed by atoms with Gasteiger partial charge in [0.15, 0.2) is 0 Å². The molecular weight excluding hydrogens is 404 g/mol. The van der Waals surface area contributed by atoms with Crippen LogP contribution < -0.4 is 4.72 Å². The van der Waals surface area contributed by atoms with Crippen LogP contribution in [0.1, 0.15) is 39.7 Å². The van der Waals surface area contributed by atoms with Gasteiger partial charge in [-0.15, -0.1) is 11.3 Å². The van der Waals surface area contributed by atoms with Crippen molar-refractivity contribution in [3.8, 4) is 0 Å². The molecule has 1 N–H and O–H groups in total. The minimum absolute atomic E-state index is 0.0286. The van der Waals surface area contributed by atoms with E-state index < -0.39 is 10.0 Å². The maximum absolute atomic E-state index is 13.2. The lowest BCUT2D eigenvalue weighted by molar-refractivity contribution is 0.0735. The molecule has 1 atom stereocenters. The molecule has 4 rings (SSSR count). The average molecular weight is 427 g/mol. The Balaban J connectivity index is 1.54. The average Bonchev–Trinajstić information content (AvgIpc) is 3.44. The van der Waals surface area contributed by atoms with Crippen molar-refractivity contribution in [2.24, 2.45) is 0 Å². The minimum atomic E-state index is -3.70. The third-order valence-corrected chi connectivity index (χ3v) is 7.38. The van der Waals surface area contributed by atoms with Crippen molar-refractivity contribution in [1.29, 1.82) is 0 Å². The van der Waals surface area contributed by atoms with E-state index in [2.05, 4.69) is 4.72 Å². The first-order valence-electron chi connectivity index (χ1n) is 9.52. The molecule has 0 radical (unpaired) electrons. The standard InChI is InChI=1S/C22H22N2O3S2/c25-22(24-13-5-12-21(24)17-7-2-1-3-8-17)18-9-4-11-20(15-18)29(26,27)23-16-19-10-6-14-28-19/h1-4,6-11,14-15,21,23H,5,12-13,16H2. The van der Waals surface area contributed by atoms with Gasteiger partial charge in [-0.2, -0.15) is 0 Å². The van der Waals surface area contributed by atoms with Crippen LogP contribution in [-0.2, 0) is 16.6 Å². The zero-order valence-electron chi connectivity index (χ0n) is 15.8. The molecule has 2 aromatic carbocycles. The molecule has 7 heteroatoms. The predicted octanol–water partition coefficient (Wildman–Crippen LogP) is 4.20.